The number of hydrogen-bond donors (Lipinski definition) is 3. The fourth-order valence-corrected chi connectivity index (χ4v) is 2.70. The molecular weight excluding hydrogens is 272 g/mol. The Kier molecular flexibility index (Phi) is 3.40. The zero-order valence-corrected chi connectivity index (χ0v) is 12.0. The highest BCUT2D eigenvalue weighted by atomic mass is 32.2. The molecule has 0 radical (unpaired) electrons. The van der Waals surface area contributed by atoms with Crippen LogP contribution in [0.5, 0.6) is 0 Å². The Morgan fingerprint density at radius 2 is 2.20 bits per heavy atom. The fraction of sp³-hybridized carbons (Fsp3) is 0.286. The van der Waals surface area contributed by atoms with Gasteiger partial charge in [0.15, 0.2) is 5.69 Å². The van der Waals surface area contributed by atoms with Crippen molar-refractivity contribution in [2.24, 2.45) is 0 Å². The number of anilines is 2. The predicted molar refractivity (Wildman–Crippen MR) is 81.2 cm³/mol. The first-order valence-electron chi connectivity index (χ1n) is 6.48. The zero-order valence-electron chi connectivity index (χ0n) is 11.1. The number of aromatic amines is 1. The van der Waals surface area contributed by atoms with Crippen LogP contribution in [0.25, 0.3) is 0 Å². The van der Waals surface area contributed by atoms with E-state index in [2.05, 4.69) is 15.5 Å². The minimum absolute atomic E-state index is 0.271. The Labute approximate surface area is 121 Å². The zero-order chi connectivity index (χ0) is 14.1. The predicted octanol–water partition coefficient (Wildman–Crippen LogP) is 2.84. The van der Waals surface area contributed by atoms with Crippen molar-refractivity contribution in [3.8, 4) is 0 Å². The van der Waals surface area contributed by atoms with Crippen molar-refractivity contribution in [3.63, 3.8) is 0 Å². The van der Waals surface area contributed by atoms with E-state index < -0.39 is 0 Å². The van der Waals surface area contributed by atoms with Crippen molar-refractivity contribution < 1.29 is 4.79 Å². The third kappa shape index (κ3) is 2.38. The largest absolute Gasteiger partial charge is 0.395 e. The summed E-state index contributed by atoms with van der Waals surface area (Å²) < 4.78 is 0. The summed E-state index contributed by atoms with van der Waals surface area (Å²) in [5.74, 6) is 0.176. The second-order valence-corrected chi connectivity index (χ2v) is 5.68. The van der Waals surface area contributed by atoms with Gasteiger partial charge < -0.3 is 11.1 Å². The van der Waals surface area contributed by atoms with E-state index >= 15 is 0 Å². The van der Waals surface area contributed by atoms with Crippen molar-refractivity contribution in [2.45, 2.75) is 23.7 Å². The van der Waals surface area contributed by atoms with Crippen molar-refractivity contribution >= 4 is 29.0 Å². The molecule has 1 aromatic carbocycles. The van der Waals surface area contributed by atoms with Gasteiger partial charge in [0.2, 0.25) is 0 Å². The molecule has 2 aromatic rings. The molecule has 1 amide bonds. The van der Waals surface area contributed by atoms with Gasteiger partial charge in [0, 0.05) is 10.8 Å². The molecule has 3 rings (SSSR count). The third-order valence-corrected chi connectivity index (χ3v) is 4.19. The molecular formula is C14H16N4OS. The lowest BCUT2D eigenvalue weighted by atomic mass is 10.2. The molecule has 1 heterocycles. The number of aromatic nitrogens is 2. The van der Waals surface area contributed by atoms with Gasteiger partial charge in [0.05, 0.1) is 17.1 Å². The van der Waals surface area contributed by atoms with Gasteiger partial charge in [-0.1, -0.05) is 12.1 Å². The first-order valence-corrected chi connectivity index (χ1v) is 7.71. The summed E-state index contributed by atoms with van der Waals surface area (Å²) in [6.07, 6.45) is 4.20. The van der Waals surface area contributed by atoms with Gasteiger partial charge in [-0.2, -0.15) is 5.10 Å². The van der Waals surface area contributed by atoms with Crippen LogP contribution in [-0.4, -0.2) is 22.4 Å². The SMILES string of the molecule is CSc1ccccc1NC(=O)c1n[nH]c(C2CC2)c1N. The van der Waals surface area contributed by atoms with Crippen molar-refractivity contribution in [2.75, 3.05) is 17.3 Å². The minimum Gasteiger partial charge on any atom is -0.395 e. The highest BCUT2D eigenvalue weighted by Crippen LogP contribution is 2.42. The molecule has 104 valence electrons. The summed E-state index contributed by atoms with van der Waals surface area (Å²) in [5.41, 5.74) is 8.44. The molecule has 6 heteroatoms. The van der Waals surface area contributed by atoms with Crippen LogP contribution < -0.4 is 11.1 Å². The van der Waals surface area contributed by atoms with Crippen LogP contribution in [-0.2, 0) is 0 Å². The number of thioether (sulfide) groups is 1. The van der Waals surface area contributed by atoms with Crippen molar-refractivity contribution in [1.82, 2.24) is 10.2 Å². The fourth-order valence-electron chi connectivity index (χ4n) is 2.15. The van der Waals surface area contributed by atoms with E-state index in [9.17, 15) is 4.79 Å². The van der Waals surface area contributed by atoms with E-state index in [1.165, 1.54) is 0 Å². The van der Waals surface area contributed by atoms with Gasteiger partial charge in [0.1, 0.15) is 0 Å². The van der Waals surface area contributed by atoms with E-state index in [1.807, 2.05) is 30.5 Å². The molecule has 0 saturated heterocycles. The lowest BCUT2D eigenvalue weighted by molar-refractivity contribution is 0.102. The molecule has 1 aliphatic rings. The molecule has 1 aliphatic carbocycles. The molecule has 0 unspecified atom stereocenters. The Balaban J connectivity index is 1.82. The van der Waals surface area contributed by atoms with Gasteiger partial charge in [-0.25, -0.2) is 0 Å². The van der Waals surface area contributed by atoms with E-state index in [0.717, 1.165) is 29.1 Å². The number of carbonyl (C=O) groups is 1. The van der Waals surface area contributed by atoms with Crippen LogP contribution in [0.4, 0.5) is 11.4 Å². The summed E-state index contributed by atoms with van der Waals surface area (Å²) in [7, 11) is 0. The monoisotopic (exact) mass is 288 g/mol. The quantitative estimate of drug-likeness (QED) is 0.755. The second kappa shape index (κ2) is 5.20. The Morgan fingerprint density at radius 1 is 1.45 bits per heavy atom. The number of hydrogen-bond acceptors (Lipinski definition) is 4. The van der Waals surface area contributed by atoms with Gasteiger partial charge in [-0.05, 0) is 31.2 Å². The molecule has 0 aliphatic heterocycles. The van der Waals surface area contributed by atoms with Crippen LogP contribution in [0.15, 0.2) is 29.2 Å². The average molecular weight is 288 g/mol. The molecule has 0 atom stereocenters. The van der Waals surface area contributed by atoms with E-state index in [0.29, 0.717) is 11.6 Å². The number of carbonyl (C=O) groups excluding carboxylic acids is 1. The Hall–Kier alpha value is -1.95. The number of amides is 1. The topological polar surface area (TPSA) is 83.8 Å². The van der Waals surface area contributed by atoms with Crippen LogP contribution in [0, 0.1) is 0 Å². The lowest BCUT2D eigenvalue weighted by Gasteiger charge is -2.08. The first-order chi connectivity index (χ1) is 9.70. The van der Waals surface area contributed by atoms with E-state index in [1.54, 1.807) is 11.8 Å². The lowest BCUT2D eigenvalue weighted by Crippen LogP contribution is -2.14. The smallest absolute Gasteiger partial charge is 0.278 e. The average Bonchev–Trinajstić information content (AvgIpc) is 3.22. The second-order valence-electron chi connectivity index (χ2n) is 4.83. The minimum atomic E-state index is -0.271. The molecule has 4 N–H and O–H groups in total. The van der Waals surface area contributed by atoms with Crippen LogP contribution in [0.3, 0.4) is 0 Å². The number of nitrogens with zero attached hydrogens (tertiary/aromatic N) is 1. The summed E-state index contributed by atoms with van der Waals surface area (Å²) in [4.78, 5) is 13.3. The maximum atomic E-state index is 12.3. The van der Waals surface area contributed by atoms with Crippen molar-refractivity contribution in [3.05, 3.63) is 35.7 Å². The highest BCUT2D eigenvalue weighted by Gasteiger charge is 2.30. The Bertz CT molecular complexity index is 648. The van der Waals surface area contributed by atoms with Crippen LogP contribution >= 0.6 is 11.8 Å². The van der Waals surface area contributed by atoms with Gasteiger partial charge >= 0.3 is 0 Å². The first kappa shape index (κ1) is 13.1. The van der Waals surface area contributed by atoms with Crippen LogP contribution in [0.1, 0.15) is 34.9 Å². The normalized spacial score (nSPS) is 14.2. The van der Waals surface area contributed by atoms with Crippen LogP contribution in [0.2, 0.25) is 0 Å². The maximum absolute atomic E-state index is 12.3. The Morgan fingerprint density at radius 3 is 2.90 bits per heavy atom. The van der Waals surface area contributed by atoms with Gasteiger partial charge in [0.25, 0.3) is 5.91 Å². The number of rotatable bonds is 4. The molecule has 5 nitrogen and oxygen atoms in total. The summed E-state index contributed by atoms with van der Waals surface area (Å²) in [5, 5.41) is 9.82. The third-order valence-electron chi connectivity index (χ3n) is 3.39. The number of benzene rings is 1. The molecule has 1 aromatic heterocycles. The molecule has 20 heavy (non-hydrogen) atoms. The summed E-state index contributed by atoms with van der Waals surface area (Å²) in [6, 6.07) is 7.66. The standard InChI is InChI=1S/C14H16N4OS/c1-20-10-5-3-2-4-9(10)16-14(19)13-11(15)12(17-18-13)8-6-7-8/h2-5,8H,6-7,15H2,1H3,(H,16,19)(H,17,18). The highest BCUT2D eigenvalue weighted by molar-refractivity contribution is 7.98. The molecule has 0 bridgehead atoms. The number of H-pyrrole nitrogens is 1. The number of nitrogens with one attached hydrogen (secondary N) is 2. The van der Waals surface area contributed by atoms with Gasteiger partial charge in [-0.15, -0.1) is 11.8 Å². The van der Waals surface area contributed by atoms with Crippen molar-refractivity contribution in [1.29, 1.82) is 0 Å². The molecule has 1 saturated carbocycles. The number of para-hydroxylation sites is 1. The molecule has 1 fully saturated rings. The van der Waals surface area contributed by atoms with E-state index in [4.69, 9.17) is 5.73 Å². The number of nitrogens with two attached hydrogens (primary N) is 1. The van der Waals surface area contributed by atoms with Gasteiger partial charge in [-0.3, -0.25) is 9.89 Å². The summed E-state index contributed by atoms with van der Waals surface area (Å²) in [6.45, 7) is 0. The summed E-state index contributed by atoms with van der Waals surface area (Å²) >= 11 is 1.58. The van der Waals surface area contributed by atoms with E-state index in [-0.39, 0.29) is 11.6 Å². The number of nitrogen functional groups attached to an aromatic ring is 1. The molecule has 0 spiro atoms. The maximum Gasteiger partial charge on any atom is 0.278 e.